The molecule has 0 saturated carbocycles. The van der Waals surface area contributed by atoms with Gasteiger partial charge in [0.2, 0.25) is 11.9 Å². The van der Waals surface area contributed by atoms with Crippen molar-refractivity contribution >= 4 is 23.2 Å². The highest BCUT2D eigenvalue weighted by atomic mass is 35.5. The largest absolute Gasteiger partial charge is 0.489 e. The Bertz CT molecular complexity index is 885. The Morgan fingerprint density at radius 3 is 2.81 bits per heavy atom. The smallest absolute Gasteiger partial charge is 0.226 e. The van der Waals surface area contributed by atoms with Crippen LogP contribution in [0.5, 0.6) is 5.75 Å². The van der Waals surface area contributed by atoms with Gasteiger partial charge in [0.25, 0.3) is 0 Å². The molecule has 1 N–H and O–H groups in total. The Kier molecular flexibility index (Phi) is 5.65. The number of pyridine rings is 1. The highest BCUT2D eigenvalue weighted by Gasteiger charge is 2.13. The van der Waals surface area contributed by atoms with Crippen LogP contribution in [-0.4, -0.2) is 40.1 Å². The summed E-state index contributed by atoms with van der Waals surface area (Å²) in [6.45, 7) is 0.842. The van der Waals surface area contributed by atoms with Crippen LogP contribution in [0.2, 0.25) is 5.02 Å². The zero-order chi connectivity index (χ0) is 18.5. The summed E-state index contributed by atoms with van der Waals surface area (Å²) in [4.78, 5) is 8.05. The van der Waals surface area contributed by atoms with Crippen LogP contribution in [0.3, 0.4) is 0 Å². The van der Waals surface area contributed by atoms with Crippen molar-refractivity contribution in [3.63, 3.8) is 0 Å². The SMILES string of the molecule is COCCOc1cc(Cl)ccc1Nc1nc(-c2ccc(F)nc2)nn1C. The number of aryl methyl sites for hydroxylation is 1. The van der Waals surface area contributed by atoms with E-state index in [2.05, 4.69) is 20.4 Å². The Hall–Kier alpha value is -2.71. The van der Waals surface area contributed by atoms with Gasteiger partial charge in [-0.1, -0.05) is 11.6 Å². The van der Waals surface area contributed by atoms with Crippen molar-refractivity contribution in [2.75, 3.05) is 25.6 Å². The van der Waals surface area contributed by atoms with Gasteiger partial charge in [0.1, 0.15) is 12.4 Å². The molecule has 0 aliphatic heterocycles. The number of ether oxygens (including phenoxy) is 2. The summed E-state index contributed by atoms with van der Waals surface area (Å²) < 4.78 is 25.2. The average Bonchev–Trinajstić information content (AvgIpc) is 2.98. The molecule has 0 bridgehead atoms. The summed E-state index contributed by atoms with van der Waals surface area (Å²) in [5.41, 5.74) is 1.30. The van der Waals surface area contributed by atoms with Crippen LogP contribution in [0.15, 0.2) is 36.5 Å². The molecule has 0 aliphatic carbocycles. The van der Waals surface area contributed by atoms with Gasteiger partial charge in [-0.05, 0) is 24.3 Å². The van der Waals surface area contributed by atoms with Gasteiger partial charge in [0.05, 0.1) is 12.3 Å². The van der Waals surface area contributed by atoms with E-state index in [1.54, 1.807) is 43.1 Å². The number of benzene rings is 1. The molecule has 0 amide bonds. The van der Waals surface area contributed by atoms with E-state index in [-0.39, 0.29) is 0 Å². The number of nitrogens with one attached hydrogen (secondary N) is 1. The van der Waals surface area contributed by atoms with Crippen LogP contribution < -0.4 is 10.1 Å². The molecular formula is C17H17ClFN5O2. The molecule has 0 radical (unpaired) electrons. The Balaban J connectivity index is 1.84. The maximum Gasteiger partial charge on any atom is 0.226 e. The van der Waals surface area contributed by atoms with E-state index in [0.29, 0.717) is 47.0 Å². The first-order valence-electron chi connectivity index (χ1n) is 7.78. The molecular weight excluding hydrogens is 361 g/mol. The zero-order valence-electron chi connectivity index (χ0n) is 14.2. The van der Waals surface area contributed by atoms with Gasteiger partial charge >= 0.3 is 0 Å². The van der Waals surface area contributed by atoms with Gasteiger partial charge < -0.3 is 14.8 Å². The van der Waals surface area contributed by atoms with Gasteiger partial charge in [-0.3, -0.25) is 0 Å². The maximum absolute atomic E-state index is 13.0. The van der Waals surface area contributed by atoms with E-state index in [4.69, 9.17) is 21.1 Å². The summed E-state index contributed by atoms with van der Waals surface area (Å²) in [6.07, 6.45) is 1.38. The number of hydrogen-bond acceptors (Lipinski definition) is 6. The molecule has 1 aromatic carbocycles. The van der Waals surface area contributed by atoms with Crippen LogP contribution >= 0.6 is 11.6 Å². The first kappa shape index (κ1) is 18.1. The standard InChI is InChI=1S/C17H17ClFN5O2/c1-24-17(22-16(23-24)11-3-6-15(19)20-10-11)21-13-5-4-12(18)9-14(13)26-8-7-25-2/h3-6,9-10H,7-8H2,1-2H3,(H,21,22,23). The molecule has 0 saturated heterocycles. The lowest BCUT2D eigenvalue weighted by molar-refractivity contribution is 0.146. The van der Waals surface area contributed by atoms with Crippen molar-refractivity contribution in [3.8, 4) is 17.1 Å². The number of aromatic nitrogens is 4. The van der Waals surface area contributed by atoms with Crippen molar-refractivity contribution < 1.29 is 13.9 Å². The van der Waals surface area contributed by atoms with E-state index in [0.717, 1.165) is 0 Å². The summed E-state index contributed by atoms with van der Waals surface area (Å²) >= 11 is 6.05. The van der Waals surface area contributed by atoms with Crippen molar-refractivity contribution in [2.45, 2.75) is 0 Å². The lowest BCUT2D eigenvalue weighted by atomic mass is 10.3. The van der Waals surface area contributed by atoms with Crippen molar-refractivity contribution in [3.05, 3.63) is 47.5 Å². The second kappa shape index (κ2) is 8.11. The fraction of sp³-hybridized carbons (Fsp3) is 0.235. The predicted octanol–water partition coefficient (Wildman–Crippen LogP) is 3.44. The van der Waals surface area contributed by atoms with Crippen LogP contribution in [0, 0.1) is 5.95 Å². The van der Waals surface area contributed by atoms with Gasteiger partial charge in [0.15, 0.2) is 5.82 Å². The maximum atomic E-state index is 13.0. The molecule has 3 rings (SSSR count). The molecule has 2 heterocycles. The summed E-state index contributed by atoms with van der Waals surface area (Å²) in [7, 11) is 3.35. The first-order chi connectivity index (χ1) is 12.6. The summed E-state index contributed by atoms with van der Waals surface area (Å²) in [6, 6.07) is 8.08. The molecule has 0 unspecified atom stereocenters. The zero-order valence-corrected chi connectivity index (χ0v) is 15.0. The lowest BCUT2D eigenvalue weighted by Crippen LogP contribution is -2.07. The van der Waals surface area contributed by atoms with E-state index in [1.165, 1.54) is 12.3 Å². The molecule has 0 spiro atoms. The van der Waals surface area contributed by atoms with Gasteiger partial charge in [0, 0.05) is 37.0 Å². The summed E-state index contributed by atoms with van der Waals surface area (Å²) in [5.74, 6) is 0.936. The third-order valence-electron chi connectivity index (χ3n) is 3.48. The highest BCUT2D eigenvalue weighted by Crippen LogP contribution is 2.30. The Labute approximate surface area is 154 Å². The van der Waals surface area contributed by atoms with Gasteiger partial charge in [-0.2, -0.15) is 9.37 Å². The second-order valence-corrected chi connectivity index (χ2v) is 5.80. The van der Waals surface area contributed by atoms with Crippen molar-refractivity contribution in [2.24, 2.45) is 7.05 Å². The third-order valence-corrected chi connectivity index (χ3v) is 3.72. The van der Waals surface area contributed by atoms with Crippen molar-refractivity contribution in [1.82, 2.24) is 19.7 Å². The fourth-order valence-corrected chi connectivity index (χ4v) is 2.36. The van der Waals surface area contributed by atoms with E-state index < -0.39 is 5.95 Å². The van der Waals surface area contributed by atoms with Crippen LogP contribution in [-0.2, 0) is 11.8 Å². The molecule has 26 heavy (non-hydrogen) atoms. The minimum absolute atomic E-state index is 0.386. The van der Waals surface area contributed by atoms with Gasteiger partial charge in [-0.15, -0.1) is 5.10 Å². The number of rotatable bonds is 7. The van der Waals surface area contributed by atoms with E-state index >= 15 is 0 Å². The topological polar surface area (TPSA) is 74.1 Å². The monoisotopic (exact) mass is 377 g/mol. The minimum atomic E-state index is -0.554. The van der Waals surface area contributed by atoms with Crippen LogP contribution in [0.1, 0.15) is 0 Å². The molecule has 2 aromatic heterocycles. The number of nitrogens with zero attached hydrogens (tertiary/aromatic N) is 4. The molecule has 7 nitrogen and oxygen atoms in total. The molecule has 0 aliphatic rings. The predicted molar refractivity (Wildman–Crippen MR) is 96.3 cm³/mol. The van der Waals surface area contributed by atoms with E-state index in [1.807, 2.05) is 0 Å². The Morgan fingerprint density at radius 1 is 1.23 bits per heavy atom. The normalized spacial score (nSPS) is 10.8. The lowest BCUT2D eigenvalue weighted by Gasteiger charge is -2.12. The Morgan fingerprint density at radius 2 is 2.08 bits per heavy atom. The number of halogens is 2. The number of anilines is 2. The number of methoxy groups -OCH3 is 1. The first-order valence-corrected chi connectivity index (χ1v) is 8.16. The fourth-order valence-electron chi connectivity index (χ4n) is 2.20. The van der Waals surface area contributed by atoms with Crippen molar-refractivity contribution in [1.29, 1.82) is 0 Å². The van der Waals surface area contributed by atoms with Gasteiger partial charge in [-0.25, -0.2) is 9.67 Å². The molecule has 0 atom stereocenters. The molecule has 9 heteroatoms. The third kappa shape index (κ3) is 4.27. The molecule has 136 valence electrons. The van der Waals surface area contributed by atoms with E-state index in [9.17, 15) is 4.39 Å². The molecule has 3 aromatic rings. The second-order valence-electron chi connectivity index (χ2n) is 5.36. The summed E-state index contributed by atoms with van der Waals surface area (Å²) in [5, 5.41) is 8.04. The quantitative estimate of drug-likeness (QED) is 0.502. The molecule has 0 fully saturated rings. The highest BCUT2D eigenvalue weighted by molar-refractivity contribution is 6.30. The average molecular weight is 378 g/mol. The van der Waals surface area contributed by atoms with Crippen LogP contribution in [0.25, 0.3) is 11.4 Å². The number of hydrogen-bond donors (Lipinski definition) is 1. The minimum Gasteiger partial charge on any atom is -0.489 e. The van der Waals surface area contributed by atoms with Crippen LogP contribution in [0.4, 0.5) is 16.0 Å².